The smallest absolute Gasteiger partial charge is 0.205 e. The lowest BCUT2D eigenvalue weighted by molar-refractivity contribution is 0.111. The number of anilines is 1. The second-order valence-electron chi connectivity index (χ2n) is 6.38. The van der Waals surface area contributed by atoms with Gasteiger partial charge in [-0.15, -0.1) is 21.5 Å². The summed E-state index contributed by atoms with van der Waals surface area (Å²) in [4.78, 5) is 5.73. The molecule has 124 valence electrons. The van der Waals surface area contributed by atoms with Gasteiger partial charge in [0.15, 0.2) is 0 Å². The second kappa shape index (κ2) is 7.23. The van der Waals surface area contributed by atoms with E-state index in [9.17, 15) is 0 Å². The fraction of sp³-hybridized carbons (Fsp3) is 0.688. The van der Waals surface area contributed by atoms with E-state index in [0.717, 1.165) is 48.5 Å². The molecule has 23 heavy (non-hydrogen) atoms. The van der Waals surface area contributed by atoms with Gasteiger partial charge in [0.25, 0.3) is 0 Å². The minimum Gasteiger partial charge on any atom is -0.371 e. The summed E-state index contributed by atoms with van der Waals surface area (Å²) < 4.78 is 5.69. The second-order valence-corrected chi connectivity index (χ2v) is 8.58. The topological polar surface area (TPSA) is 59.9 Å². The molecule has 0 amide bonds. The van der Waals surface area contributed by atoms with E-state index in [0.29, 0.717) is 0 Å². The van der Waals surface area contributed by atoms with Gasteiger partial charge in [-0.05, 0) is 18.8 Å². The van der Waals surface area contributed by atoms with E-state index in [-0.39, 0.29) is 6.10 Å². The Hall–Kier alpha value is -1.05. The number of nitrogens with one attached hydrogen (secondary N) is 1. The number of hydrogen-bond donors (Lipinski definition) is 1. The van der Waals surface area contributed by atoms with Crippen LogP contribution in [0.2, 0.25) is 0 Å². The first-order chi connectivity index (χ1) is 11.4. The fourth-order valence-corrected chi connectivity index (χ4v) is 5.15. The SMILES string of the molecule is c1nc([C@@H]2CCCO2)sc1CNc1nnc(CC2CCCC2)s1. The summed E-state index contributed by atoms with van der Waals surface area (Å²) in [7, 11) is 0. The van der Waals surface area contributed by atoms with E-state index in [1.165, 1.54) is 35.6 Å². The van der Waals surface area contributed by atoms with E-state index < -0.39 is 0 Å². The van der Waals surface area contributed by atoms with Gasteiger partial charge in [0, 0.05) is 24.1 Å². The highest BCUT2D eigenvalue weighted by molar-refractivity contribution is 7.15. The lowest BCUT2D eigenvalue weighted by Gasteiger charge is -2.04. The highest BCUT2D eigenvalue weighted by Crippen LogP contribution is 2.32. The standard InChI is InChI=1S/C16H22N4OS2/c1-2-5-11(4-1)8-14-19-20-16(23-14)18-10-12-9-17-15(22-12)13-6-3-7-21-13/h9,11,13H,1-8,10H2,(H,18,20)/t13-/m0/s1. The molecule has 1 atom stereocenters. The number of ether oxygens (including phenoxy) is 1. The Balaban J connectivity index is 1.29. The van der Waals surface area contributed by atoms with Crippen LogP contribution < -0.4 is 5.32 Å². The van der Waals surface area contributed by atoms with Crippen LogP contribution in [-0.2, 0) is 17.7 Å². The van der Waals surface area contributed by atoms with Gasteiger partial charge in [0.05, 0.1) is 6.54 Å². The lowest BCUT2D eigenvalue weighted by Crippen LogP contribution is -1.97. The minimum absolute atomic E-state index is 0.216. The zero-order valence-electron chi connectivity index (χ0n) is 13.2. The molecule has 7 heteroatoms. The van der Waals surface area contributed by atoms with E-state index in [4.69, 9.17) is 4.74 Å². The molecule has 2 aromatic rings. The van der Waals surface area contributed by atoms with Crippen molar-refractivity contribution in [1.82, 2.24) is 15.2 Å². The van der Waals surface area contributed by atoms with Crippen molar-refractivity contribution < 1.29 is 4.74 Å². The summed E-state index contributed by atoms with van der Waals surface area (Å²) in [6.07, 6.45) is 11.0. The van der Waals surface area contributed by atoms with Gasteiger partial charge in [-0.3, -0.25) is 0 Å². The van der Waals surface area contributed by atoms with Crippen LogP contribution >= 0.6 is 22.7 Å². The zero-order chi connectivity index (χ0) is 15.5. The maximum atomic E-state index is 5.69. The Morgan fingerprint density at radius 1 is 1.13 bits per heavy atom. The van der Waals surface area contributed by atoms with Gasteiger partial charge < -0.3 is 10.1 Å². The predicted octanol–water partition coefficient (Wildman–Crippen LogP) is 4.19. The van der Waals surface area contributed by atoms with Crippen LogP contribution in [0, 0.1) is 5.92 Å². The predicted molar refractivity (Wildman–Crippen MR) is 92.9 cm³/mol. The molecule has 1 aliphatic heterocycles. The van der Waals surface area contributed by atoms with Crippen LogP contribution in [0.3, 0.4) is 0 Å². The van der Waals surface area contributed by atoms with Crippen molar-refractivity contribution in [2.45, 2.75) is 57.6 Å². The Labute approximate surface area is 144 Å². The molecule has 0 unspecified atom stereocenters. The van der Waals surface area contributed by atoms with Crippen molar-refractivity contribution in [2.75, 3.05) is 11.9 Å². The number of thiazole rings is 1. The average molecular weight is 351 g/mol. The van der Waals surface area contributed by atoms with Crippen LogP contribution in [0.25, 0.3) is 0 Å². The molecular formula is C16H22N4OS2. The van der Waals surface area contributed by atoms with Gasteiger partial charge in [0.2, 0.25) is 5.13 Å². The van der Waals surface area contributed by atoms with E-state index in [2.05, 4.69) is 20.5 Å². The first kappa shape index (κ1) is 15.5. The molecule has 1 N–H and O–H groups in total. The minimum atomic E-state index is 0.216. The van der Waals surface area contributed by atoms with Crippen LogP contribution in [0.1, 0.15) is 59.5 Å². The third-order valence-corrected chi connectivity index (χ3v) is 6.59. The number of aromatic nitrogens is 3. The van der Waals surface area contributed by atoms with Crippen molar-refractivity contribution >= 4 is 27.8 Å². The quantitative estimate of drug-likeness (QED) is 0.846. The van der Waals surface area contributed by atoms with Gasteiger partial charge >= 0.3 is 0 Å². The molecule has 0 bridgehead atoms. The molecule has 4 rings (SSSR count). The molecule has 3 heterocycles. The van der Waals surface area contributed by atoms with E-state index >= 15 is 0 Å². The highest BCUT2D eigenvalue weighted by atomic mass is 32.1. The molecule has 0 spiro atoms. The van der Waals surface area contributed by atoms with Crippen molar-refractivity contribution in [3.8, 4) is 0 Å². The van der Waals surface area contributed by atoms with Gasteiger partial charge in [0.1, 0.15) is 16.1 Å². The van der Waals surface area contributed by atoms with Crippen molar-refractivity contribution in [2.24, 2.45) is 5.92 Å². The van der Waals surface area contributed by atoms with Crippen molar-refractivity contribution in [1.29, 1.82) is 0 Å². The first-order valence-corrected chi connectivity index (χ1v) is 10.1. The summed E-state index contributed by atoms with van der Waals surface area (Å²) in [6.45, 7) is 1.63. The summed E-state index contributed by atoms with van der Waals surface area (Å²) in [5.74, 6) is 0.825. The molecule has 2 aromatic heterocycles. The van der Waals surface area contributed by atoms with E-state index in [1.54, 1.807) is 22.7 Å². The molecular weight excluding hydrogens is 328 g/mol. The lowest BCUT2D eigenvalue weighted by atomic mass is 10.1. The Morgan fingerprint density at radius 2 is 2.04 bits per heavy atom. The summed E-state index contributed by atoms with van der Waals surface area (Å²) in [6, 6.07) is 0. The Morgan fingerprint density at radius 3 is 2.87 bits per heavy atom. The van der Waals surface area contributed by atoms with Gasteiger partial charge in [-0.25, -0.2) is 4.98 Å². The molecule has 1 saturated carbocycles. The number of nitrogens with zero attached hydrogens (tertiary/aromatic N) is 3. The third kappa shape index (κ3) is 3.89. The molecule has 0 aromatic carbocycles. The average Bonchev–Trinajstić information content (AvgIpc) is 3.33. The van der Waals surface area contributed by atoms with Crippen molar-refractivity contribution in [3.05, 3.63) is 21.1 Å². The highest BCUT2D eigenvalue weighted by Gasteiger charge is 2.21. The number of hydrogen-bond acceptors (Lipinski definition) is 7. The Bertz CT molecular complexity index is 630. The third-order valence-electron chi connectivity index (χ3n) is 4.60. The van der Waals surface area contributed by atoms with Crippen LogP contribution in [-0.4, -0.2) is 21.8 Å². The largest absolute Gasteiger partial charge is 0.371 e. The van der Waals surface area contributed by atoms with Gasteiger partial charge in [-0.1, -0.05) is 37.0 Å². The summed E-state index contributed by atoms with van der Waals surface area (Å²) >= 11 is 3.44. The molecule has 0 radical (unpaired) electrons. The number of rotatable bonds is 6. The van der Waals surface area contributed by atoms with Crippen LogP contribution in [0.4, 0.5) is 5.13 Å². The molecule has 1 saturated heterocycles. The maximum Gasteiger partial charge on any atom is 0.205 e. The molecule has 5 nitrogen and oxygen atoms in total. The monoisotopic (exact) mass is 350 g/mol. The zero-order valence-corrected chi connectivity index (χ0v) is 14.8. The fourth-order valence-electron chi connectivity index (χ4n) is 3.36. The van der Waals surface area contributed by atoms with Crippen LogP contribution in [0.15, 0.2) is 6.20 Å². The Kier molecular flexibility index (Phi) is 4.87. The first-order valence-electron chi connectivity index (χ1n) is 8.49. The normalized spacial score (nSPS) is 22.0. The maximum absolute atomic E-state index is 5.69. The van der Waals surface area contributed by atoms with Crippen LogP contribution in [0.5, 0.6) is 0 Å². The van der Waals surface area contributed by atoms with Crippen molar-refractivity contribution in [3.63, 3.8) is 0 Å². The molecule has 1 aliphatic carbocycles. The van der Waals surface area contributed by atoms with E-state index in [1.807, 2.05) is 6.20 Å². The molecule has 2 fully saturated rings. The van der Waals surface area contributed by atoms with Gasteiger partial charge in [-0.2, -0.15) is 0 Å². The summed E-state index contributed by atoms with van der Waals surface area (Å²) in [5, 5.41) is 15.2. The summed E-state index contributed by atoms with van der Waals surface area (Å²) in [5.41, 5.74) is 0. The molecule has 2 aliphatic rings.